The fourth-order valence-electron chi connectivity index (χ4n) is 9.07. The van der Waals surface area contributed by atoms with Crippen LogP contribution in [0.15, 0.2) is 11.6 Å². The molecule has 0 heterocycles. The molecular formula is C29H48O3. The quantitative estimate of drug-likeness (QED) is 0.357. The van der Waals surface area contributed by atoms with Gasteiger partial charge < -0.3 is 9.84 Å². The van der Waals surface area contributed by atoms with Gasteiger partial charge in [0.25, 0.3) is 0 Å². The van der Waals surface area contributed by atoms with Gasteiger partial charge >= 0.3 is 5.97 Å². The first kappa shape index (κ1) is 24.3. The number of hydrogen-bond donors (Lipinski definition) is 1. The van der Waals surface area contributed by atoms with Crippen LogP contribution in [0.25, 0.3) is 0 Å². The normalized spacial score (nSPS) is 44.3. The van der Waals surface area contributed by atoms with Crippen molar-refractivity contribution >= 4 is 5.97 Å². The summed E-state index contributed by atoms with van der Waals surface area (Å²) in [6, 6.07) is 0. The van der Waals surface area contributed by atoms with Crippen molar-refractivity contribution in [1.29, 1.82) is 0 Å². The first-order valence-electron chi connectivity index (χ1n) is 13.6. The molecule has 0 saturated heterocycles. The Bertz CT molecular complexity index is 726. The van der Waals surface area contributed by atoms with Crippen LogP contribution >= 0.6 is 0 Å². The molecule has 1 N–H and O–H groups in total. The SMILES string of the molecule is CC(=O)OC1C=C2C(O)CC3C(CCC4(C)C(C(C)CCCC(C)C)CCC34)C2(C)CC1. The van der Waals surface area contributed by atoms with E-state index in [9.17, 15) is 9.90 Å². The summed E-state index contributed by atoms with van der Waals surface area (Å²) in [4.78, 5) is 11.5. The molecule has 4 rings (SSSR count). The molecule has 4 aliphatic rings. The van der Waals surface area contributed by atoms with E-state index in [1.165, 1.54) is 57.4 Å². The highest BCUT2D eigenvalue weighted by Crippen LogP contribution is 2.67. The Morgan fingerprint density at radius 3 is 2.53 bits per heavy atom. The summed E-state index contributed by atoms with van der Waals surface area (Å²) >= 11 is 0. The molecule has 0 aromatic heterocycles. The lowest BCUT2D eigenvalue weighted by Crippen LogP contribution is -2.54. The topological polar surface area (TPSA) is 46.5 Å². The van der Waals surface area contributed by atoms with E-state index in [4.69, 9.17) is 4.74 Å². The molecule has 9 unspecified atom stereocenters. The van der Waals surface area contributed by atoms with E-state index in [1.807, 2.05) is 0 Å². The van der Waals surface area contributed by atoms with Crippen molar-refractivity contribution in [1.82, 2.24) is 0 Å². The Morgan fingerprint density at radius 1 is 1.09 bits per heavy atom. The molecule has 4 aliphatic carbocycles. The summed E-state index contributed by atoms with van der Waals surface area (Å²) in [6.45, 7) is 13.7. The second-order valence-electron chi connectivity index (χ2n) is 12.9. The Balaban J connectivity index is 1.51. The average molecular weight is 445 g/mol. The van der Waals surface area contributed by atoms with E-state index in [2.05, 4.69) is 40.7 Å². The maximum atomic E-state index is 11.5. The summed E-state index contributed by atoms with van der Waals surface area (Å²) < 4.78 is 5.52. The zero-order valence-electron chi connectivity index (χ0n) is 21.5. The summed E-state index contributed by atoms with van der Waals surface area (Å²) in [5.41, 5.74) is 1.70. The Morgan fingerprint density at radius 2 is 1.84 bits per heavy atom. The molecule has 3 nitrogen and oxygen atoms in total. The average Bonchev–Trinajstić information content (AvgIpc) is 3.06. The molecule has 32 heavy (non-hydrogen) atoms. The van der Waals surface area contributed by atoms with E-state index < -0.39 is 0 Å². The highest BCUT2D eigenvalue weighted by molar-refractivity contribution is 5.66. The smallest absolute Gasteiger partial charge is 0.303 e. The maximum absolute atomic E-state index is 11.5. The fraction of sp³-hybridized carbons (Fsp3) is 0.897. The maximum Gasteiger partial charge on any atom is 0.303 e. The zero-order chi connectivity index (χ0) is 23.3. The van der Waals surface area contributed by atoms with Gasteiger partial charge in [0, 0.05) is 6.92 Å². The predicted molar refractivity (Wildman–Crippen MR) is 130 cm³/mol. The van der Waals surface area contributed by atoms with Gasteiger partial charge in [-0.05, 0) is 103 Å². The Kier molecular flexibility index (Phi) is 6.90. The zero-order valence-corrected chi connectivity index (χ0v) is 21.5. The molecule has 0 spiro atoms. The molecule has 0 aromatic rings. The van der Waals surface area contributed by atoms with E-state index in [1.54, 1.807) is 0 Å². The van der Waals surface area contributed by atoms with Gasteiger partial charge in [-0.3, -0.25) is 4.79 Å². The van der Waals surface area contributed by atoms with Crippen LogP contribution in [-0.4, -0.2) is 23.3 Å². The van der Waals surface area contributed by atoms with Crippen LogP contribution in [-0.2, 0) is 9.53 Å². The number of carbonyl (C=O) groups excluding carboxylic acids is 1. The summed E-state index contributed by atoms with van der Waals surface area (Å²) in [7, 11) is 0. The number of fused-ring (bicyclic) bond motifs is 5. The molecule has 0 aliphatic heterocycles. The van der Waals surface area contributed by atoms with Gasteiger partial charge in [0.2, 0.25) is 0 Å². The lowest BCUT2D eigenvalue weighted by molar-refractivity contribution is -0.146. The van der Waals surface area contributed by atoms with Crippen LogP contribution in [0.2, 0.25) is 0 Å². The second kappa shape index (κ2) is 9.08. The van der Waals surface area contributed by atoms with Gasteiger partial charge in [0.1, 0.15) is 6.10 Å². The lowest BCUT2D eigenvalue weighted by atomic mass is 9.46. The van der Waals surface area contributed by atoms with Crippen molar-refractivity contribution in [3.63, 3.8) is 0 Å². The molecular weight excluding hydrogens is 396 g/mol. The van der Waals surface area contributed by atoms with E-state index >= 15 is 0 Å². The summed E-state index contributed by atoms with van der Waals surface area (Å²) in [6.07, 6.45) is 13.9. The van der Waals surface area contributed by atoms with E-state index in [-0.39, 0.29) is 23.6 Å². The van der Waals surface area contributed by atoms with Gasteiger partial charge in [-0.2, -0.15) is 0 Å². The van der Waals surface area contributed by atoms with Crippen LogP contribution in [0.4, 0.5) is 0 Å². The molecule has 182 valence electrons. The van der Waals surface area contributed by atoms with Crippen LogP contribution in [0.5, 0.6) is 0 Å². The van der Waals surface area contributed by atoms with Gasteiger partial charge in [-0.1, -0.05) is 53.9 Å². The third-order valence-electron chi connectivity index (χ3n) is 10.6. The number of aliphatic hydroxyl groups is 1. The first-order valence-corrected chi connectivity index (χ1v) is 13.6. The number of esters is 1. The molecule has 3 heteroatoms. The highest BCUT2D eigenvalue weighted by Gasteiger charge is 2.60. The third kappa shape index (κ3) is 4.21. The second-order valence-corrected chi connectivity index (χ2v) is 12.9. The van der Waals surface area contributed by atoms with Crippen LogP contribution in [0.1, 0.15) is 106 Å². The minimum atomic E-state index is -0.371. The van der Waals surface area contributed by atoms with Crippen LogP contribution < -0.4 is 0 Å². The van der Waals surface area contributed by atoms with Crippen LogP contribution in [0.3, 0.4) is 0 Å². The molecule has 0 aromatic carbocycles. The molecule has 3 fully saturated rings. The van der Waals surface area contributed by atoms with Crippen molar-refractivity contribution in [2.75, 3.05) is 0 Å². The van der Waals surface area contributed by atoms with Gasteiger partial charge in [0.05, 0.1) is 6.10 Å². The summed E-state index contributed by atoms with van der Waals surface area (Å²) in [5.74, 6) is 4.34. The van der Waals surface area contributed by atoms with Gasteiger partial charge in [0.15, 0.2) is 0 Å². The monoisotopic (exact) mass is 444 g/mol. The first-order chi connectivity index (χ1) is 15.1. The van der Waals surface area contributed by atoms with E-state index in [0.29, 0.717) is 17.3 Å². The summed E-state index contributed by atoms with van der Waals surface area (Å²) in [5, 5.41) is 11.3. The standard InChI is InChI=1S/C29H48O3/c1-18(2)8-7-9-19(3)23-10-11-24-22-17-27(31)26-16-21(32-20(4)30)12-14-29(26,6)25(22)13-15-28(23,24)5/h16,18-19,21-25,27,31H,7-15,17H2,1-6H3. The predicted octanol–water partition coefficient (Wildman–Crippen LogP) is 6.93. The van der Waals surface area contributed by atoms with E-state index in [0.717, 1.165) is 42.9 Å². The van der Waals surface area contributed by atoms with Crippen molar-refractivity contribution < 1.29 is 14.6 Å². The molecule has 9 atom stereocenters. The molecule has 0 amide bonds. The van der Waals surface area contributed by atoms with Crippen molar-refractivity contribution in [3.05, 3.63) is 11.6 Å². The van der Waals surface area contributed by atoms with Gasteiger partial charge in [-0.25, -0.2) is 0 Å². The van der Waals surface area contributed by atoms with Crippen molar-refractivity contribution in [3.8, 4) is 0 Å². The third-order valence-corrected chi connectivity index (χ3v) is 10.6. The molecule has 0 radical (unpaired) electrons. The minimum absolute atomic E-state index is 0.0707. The number of ether oxygens (including phenoxy) is 1. The largest absolute Gasteiger partial charge is 0.458 e. The molecule has 0 bridgehead atoms. The van der Waals surface area contributed by atoms with Crippen molar-refractivity contribution in [2.24, 2.45) is 46.3 Å². The fourth-order valence-corrected chi connectivity index (χ4v) is 9.07. The number of rotatable bonds is 6. The van der Waals surface area contributed by atoms with Gasteiger partial charge in [-0.15, -0.1) is 0 Å². The number of hydrogen-bond acceptors (Lipinski definition) is 3. The Labute approximate surface area is 196 Å². The number of carbonyl (C=O) groups is 1. The minimum Gasteiger partial charge on any atom is -0.458 e. The van der Waals surface area contributed by atoms with Crippen molar-refractivity contribution in [2.45, 2.75) is 118 Å². The highest BCUT2D eigenvalue weighted by atomic mass is 16.5. The molecule has 3 saturated carbocycles. The van der Waals surface area contributed by atoms with Crippen LogP contribution in [0, 0.1) is 46.3 Å². The lowest BCUT2D eigenvalue weighted by Gasteiger charge is -2.60. The Hall–Kier alpha value is -0.830. The number of aliphatic hydroxyl groups excluding tert-OH is 1.